The molecule has 1 aliphatic rings. The van der Waals surface area contributed by atoms with E-state index in [1.54, 1.807) is 12.1 Å². The molecule has 1 aliphatic heterocycles. The molecule has 1 aromatic rings. The monoisotopic (exact) mass is 355 g/mol. The first-order chi connectivity index (χ1) is 11.2. The van der Waals surface area contributed by atoms with E-state index >= 15 is 0 Å². The molecular weight excluding hydrogens is 334 g/mol. The van der Waals surface area contributed by atoms with Gasteiger partial charge in [0, 0.05) is 6.04 Å². The summed E-state index contributed by atoms with van der Waals surface area (Å²) in [6.07, 6.45) is 0.387. The van der Waals surface area contributed by atoms with Crippen LogP contribution in [-0.4, -0.2) is 51.1 Å². The number of ether oxygens (including phenoxy) is 2. The Morgan fingerprint density at radius 3 is 2.42 bits per heavy atom. The minimum absolute atomic E-state index is 0.0670. The van der Waals surface area contributed by atoms with E-state index in [9.17, 15) is 18.0 Å². The van der Waals surface area contributed by atoms with E-state index in [4.69, 9.17) is 9.47 Å². The topological polar surface area (TPSA) is 98.8 Å². The average Bonchev–Trinajstić information content (AvgIpc) is 2.81. The molecule has 0 bridgehead atoms. The standard InChI is InChI=1S/C16H21NO6S/c1-11-5-12(2)7-14(6-11)22-9-16(19)23-8-15(18)17-13-3-4-24(20,21)10-13/h5-7,13H,3-4,8-10H2,1-2H3,(H,17,18)/t13-/m0/s1. The van der Waals surface area contributed by atoms with Crippen molar-refractivity contribution in [2.45, 2.75) is 26.3 Å². The lowest BCUT2D eigenvalue weighted by atomic mass is 10.1. The van der Waals surface area contributed by atoms with Crippen LogP contribution < -0.4 is 10.1 Å². The maximum atomic E-state index is 11.7. The van der Waals surface area contributed by atoms with Gasteiger partial charge in [0.05, 0.1) is 11.5 Å². The fourth-order valence-corrected chi connectivity index (χ4v) is 4.20. The molecule has 1 N–H and O–H groups in total. The Morgan fingerprint density at radius 1 is 1.17 bits per heavy atom. The smallest absolute Gasteiger partial charge is 0.344 e. The van der Waals surface area contributed by atoms with E-state index in [2.05, 4.69) is 5.32 Å². The summed E-state index contributed by atoms with van der Waals surface area (Å²) in [5, 5.41) is 2.54. The molecule has 1 aromatic carbocycles. The van der Waals surface area contributed by atoms with E-state index in [0.717, 1.165) is 11.1 Å². The van der Waals surface area contributed by atoms with Gasteiger partial charge in [-0.15, -0.1) is 0 Å². The van der Waals surface area contributed by atoms with Crippen molar-refractivity contribution < 1.29 is 27.5 Å². The van der Waals surface area contributed by atoms with Crippen molar-refractivity contribution >= 4 is 21.7 Å². The van der Waals surface area contributed by atoms with Gasteiger partial charge in [-0.3, -0.25) is 4.79 Å². The number of nitrogens with one attached hydrogen (secondary N) is 1. The zero-order chi connectivity index (χ0) is 17.7. The third kappa shape index (κ3) is 5.84. The van der Waals surface area contributed by atoms with Crippen LogP contribution in [0.4, 0.5) is 0 Å². The number of amides is 1. The van der Waals surface area contributed by atoms with Gasteiger partial charge in [0.25, 0.3) is 5.91 Å². The lowest BCUT2D eigenvalue weighted by molar-refractivity contribution is -0.150. The van der Waals surface area contributed by atoms with Crippen LogP contribution in [0, 0.1) is 13.8 Å². The third-order valence-corrected chi connectivity index (χ3v) is 5.28. The van der Waals surface area contributed by atoms with Gasteiger partial charge in [0.15, 0.2) is 23.1 Å². The van der Waals surface area contributed by atoms with E-state index in [1.165, 1.54) is 0 Å². The van der Waals surface area contributed by atoms with Gasteiger partial charge in [-0.25, -0.2) is 13.2 Å². The summed E-state index contributed by atoms with van der Waals surface area (Å²) in [6, 6.07) is 5.17. The van der Waals surface area contributed by atoms with Gasteiger partial charge in [0.2, 0.25) is 0 Å². The molecule has 0 unspecified atom stereocenters. The lowest BCUT2D eigenvalue weighted by Crippen LogP contribution is -2.38. The number of hydrogen-bond donors (Lipinski definition) is 1. The second-order valence-electron chi connectivity index (χ2n) is 5.94. The van der Waals surface area contributed by atoms with E-state index in [1.807, 2.05) is 19.9 Å². The number of aryl methyl sites for hydroxylation is 2. The Balaban J connectivity index is 1.70. The molecule has 1 saturated heterocycles. The zero-order valence-corrected chi connectivity index (χ0v) is 14.5. The largest absolute Gasteiger partial charge is 0.482 e. The summed E-state index contributed by atoms with van der Waals surface area (Å²) in [4.78, 5) is 23.3. The number of sulfone groups is 1. The van der Waals surface area contributed by atoms with E-state index < -0.39 is 34.4 Å². The lowest BCUT2D eigenvalue weighted by Gasteiger charge is -2.11. The van der Waals surface area contributed by atoms with Crippen molar-refractivity contribution in [1.82, 2.24) is 5.32 Å². The van der Waals surface area contributed by atoms with E-state index in [-0.39, 0.29) is 18.1 Å². The number of carbonyl (C=O) groups excluding carboxylic acids is 2. The normalized spacial score (nSPS) is 18.8. The summed E-state index contributed by atoms with van der Waals surface area (Å²) in [6.45, 7) is 3.09. The number of hydrogen-bond acceptors (Lipinski definition) is 6. The Labute approximate surface area is 141 Å². The van der Waals surface area contributed by atoms with Crippen molar-refractivity contribution in [3.8, 4) is 5.75 Å². The molecule has 7 nitrogen and oxygen atoms in total. The minimum Gasteiger partial charge on any atom is -0.482 e. The van der Waals surface area contributed by atoms with Crippen LogP contribution in [0.5, 0.6) is 5.75 Å². The Morgan fingerprint density at radius 2 is 1.83 bits per heavy atom. The van der Waals surface area contributed by atoms with Gasteiger partial charge in [-0.2, -0.15) is 0 Å². The maximum absolute atomic E-state index is 11.7. The number of carbonyl (C=O) groups is 2. The molecular formula is C16H21NO6S. The van der Waals surface area contributed by atoms with Crippen molar-refractivity contribution in [2.75, 3.05) is 24.7 Å². The number of esters is 1. The zero-order valence-electron chi connectivity index (χ0n) is 13.7. The first-order valence-corrected chi connectivity index (χ1v) is 9.42. The van der Waals surface area contributed by atoms with Crippen LogP contribution in [0.1, 0.15) is 17.5 Å². The van der Waals surface area contributed by atoms with Crippen molar-refractivity contribution in [3.05, 3.63) is 29.3 Å². The Kier molecular flexibility index (Phi) is 5.82. The fraction of sp³-hybridized carbons (Fsp3) is 0.500. The van der Waals surface area contributed by atoms with Gasteiger partial charge in [-0.1, -0.05) is 6.07 Å². The van der Waals surface area contributed by atoms with Crippen LogP contribution in [0.25, 0.3) is 0 Å². The highest BCUT2D eigenvalue weighted by atomic mass is 32.2. The molecule has 0 saturated carbocycles. The van der Waals surface area contributed by atoms with Gasteiger partial charge in [0.1, 0.15) is 5.75 Å². The molecule has 1 heterocycles. The summed E-state index contributed by atoms with van der Waals surface area (Å²) in [7, 11) is -3.06. The quantitative estimate of drug-likeness (QED) is 0.748. The number of benzene rings is 1. The van der Waals surface area contributed by atoms with Crippen LogP contribution in [0.2, 0.25) is 0 Å². The maximum Gasteiger partial charge on any atom is 0.344 e. The van der Waals surface area contributed by atoms with Gasteiger partial charge in [-0.05, 0) is 43.5 Å². The highest BCUT2D eigenvalue weighted by molar-refractivity contribution is 7.91. The summed E-state index contributed by atoms with van der Waals surface area (Å²) < 4.78 is 32.8. The molecule has 0 radical (unpaired) electrons. The predicted molar refractivity (Wildman–Crippen MR) is 87.6 cm³/mol. The highest BCUT2D eigenvalue weighted by Gasteiger charge is 2.29. The fourth-order valence-electron chi connectivity index (χ4n) is 2.52. The Bertz CT molecular complexity index is 708. The van der Waals surface area contributed by atoms with Crippen LogP contribution in [0.15, 0.2) is 18.2 Å². The second-order valence-corrected chi connectivity index (χ2v) is 8.17. The van der Waals surface area contributed by atoms with Crippen molar-refractivity contribution in [1.29, 1.82) is 0 Å². The molecule has 0 aliphatic carbocycles. The summed E-state index contributed by atoms with van der Waals surface area (Å²) in [5.74, 6) is -0.616. The molecule has 132 valence electrons. The van der Waals surface area contributed by atoms with E-state index in [0.29, 0.717) is 12.2 Å². The highest BCUT2D eigenvalue weighted by Crippen LogP contribution is 2.16. The molecule has 2 rings (SSSR count). The molecule has 24 heavy (non-hydrogen) atoms. The first kappa shape index (κ1) is 18.3. The van der Waals surface area contributed by atoms with Gasteiger partial charge >= 0.3 is 5.97 Å². The molecule has 0 spiro atoms. The van der Waals surface area contributed by atoms with Crippen LogP contribution >= 0.6 is 0 Å². The number of rotatable bonds is 6. The molecule has 1 amide bonds. The SMILES string of the molecule is Cc1cc(C)cc(OCC(=O)OCC(=O)N[C@H]2CCS(=O)(=O)C2)c1. The summed E-state index contributed by atoms with van der Waals surface area (Å²) >= 11 is 0. The Hall–Kier alpha value is -2.09. The summed E-state index contributed by atoms with van der Waals surface area (Å²) in [5.41, 5.74) is 2.04. The molecule has 1 fully saturated rings. The van der Waals surface area contributed by atoms with Crippen LogP contribution in [-0.2, 0) is 24.2 Å². The molecule has 8 heteroatoms. The minimum atomic E-state index is -3.06. The van der Waals surface area contributed by atoms with Gasteiger partial charge < -0.3 is 14.8 Å². The van der Waals surface area contributed by atoms with Crippen molar-refractivity contribution in [3.63, 3.8) is 0 Å². The van der Waals surface area contributed by atoms with Crippen LogP contribution in [0.3, 0.4) is 0 Å². The predicted octanol–water partition coefficient (Wildman–Crippen LogP) is 0.529. The third-order valence-electron chi connectivity index (χ3n) is 3.51. The molecule has 0 aromatic heterocycles. The van der Waals surface area contributed by atoms with Crippen molar-refractivity contribution in [2.24, 2.45) is 0 Å². The first-order valence-electron chi connectivity index (χ1n) is 7.60. The average molecular weight is 355 g/mol. The molecule has 1 atom stereocenters. The second kappa shape index (κ2) is 7.65.